The smallest absolute Gasteiger partial charge is 0.249 e. The Labute approximate surface area is 172 Å². The highest BCUT2D eigenvalue weighted by Crippen LogP contribution is 2.34. The third kappa shape index (κ3) is 3.94. The zero-order chi connectivity index (χ0) is 21.3. The van der Waals surface area contributed by atoms with E-state index >= 15 is 0 Å². The van der Waals surface area contributed by atoms with Gasteiger partial charge in [0.1, 0.15) is 11.9 Å². The number of nitrogens with zero attached hydrogens (tertiary/aromatic N) is 2. The zero-order valence-corrected chi connectivity index (χ0v) is 16.6. The fourth-order valence-electron chi connectivity index (χ4n) is 3.50. The highest BCUT2D eigenvalue weighted by molar-refractivity contribution is 6.01. The van der Waals surface area contributed by atoms with E-state index in [1.165, 1.54) is 18.2 Å². The Kier molecular flexibility index (Phi) is 5.31. The molecule has 0 fully saturated rings. The highest BCUT2D eigenvalue weighted by Gasteiger charge is 2.34. The van der Waals surface area contributed by atoms with E-state index in [1.807, 2.05) is 44.2 Å². The van der Waals surface area contributed by atoms with Gasteiger partial charge in [0, 0.05) is 17.7 Å². The van der Waals surface area contributed by atoms with Crippen molar-refractivity contribution in [3.8, 4) is 11.4 Å². The van der Waals surface area contributed by atoms with E-state index in [9.17, 15) is 14.0 Å². The molecule has 0 radical (unpaired) electrons. The summed E-state index contributed by atoms with van der Waals surface area (Å²) in [6.07, 6.45) is -0.0195. The minimum Gasteiger partial charge on any atom is -0.343 e. The second-order valence-electron chi connectivity index (χ2n) is 7.59. The maximum Gasteiger partial charge on any atom is 0.249 e. The summed E-state index contributed by atoms with van der Waals surface area (Å²) in [5.41, 5.74) is 1.70. The number of rotatable bonds is 5. The summed E-state index contributed by atoms with van der Waals surface area (Å²) in [6.45, 7) is 3.85. The molecule has 0 saturated carbocycles. The molecule has 2 N–H and O–H groups in total. The van der Waals surface area contributed by atoms with Crippen molar-refractivity contribution in [2.24, 2.45) is 5.92 Å². The van der Waals surface area contributed by atoms with E-state index in [2.05, 4.69) is 20.8 Å². The van der Waals surface area contributed by atoms with Crippen LogP contribution in [0, 0.1) is 11.7 Å². The van der Waals surface area contributed by atoms with Crippen LogP contribution in [-0.2, 0) is 9.59 Å². The summed E-state index contributed by atoms with van der Waals surface area (Å²) >= 11 is 0. The Balaban J connectivity index is 1.58. The van der Waals surface area contributed by atoms with Crippen LogP contribution in [0.4, 0.5) is 10.1 Å². The van der Waals surface area contributed by atoms with Crippen LogP contribution in [0.1, 0.15) is 43.7 Å². The quantitative estimate of drug-likeness (QED) is 0.669. The molecular weight excluding hydrogens is 387 g/mol. The molecule has 1 aliphatic heterocycles. The first kappa shape index (κ1) is 19.8. The van der Waals surface area contributed by atoms with Crippen LogP contribution in [0.15, 0.2) is 53.1 Å². The van der Waals surface area contributed by atoms with Crippen molar-refractivity contribution in [1.82, 2.24) is 15.5 Å². The molecule has 1 aliphatic rings. The topological polar surface area (TPSA) is 97.1 Å². The molecule has 154 valence electrons. The lowest BCUT2D eigenvalue weighted by atomic mass is 9.89. The predicted molar refractivity (Wildman–Crippen MR) is 108 cm³/mol. The van der Waals surface area contributed by atoms with Crippen LogP contribution in [0.2, 0.25) is 0 Å². The van der Waals surface area contributed by atoms with E-state index in [4.69, 9.17) is 4.52 Å². The van der Waals surface area contributed by atoms with Crippen molar-refractivity contribution >= 4 is 17.5 Å². The van der Waals surface area contributed by atoms with Gasteiger partial charge < -0.3 is 15.2 Å². The lowest BCUT2D eigenvalue weighted by Crippen LogP contribution is -2.38. The van der Waals surface area contributed by atoms with Gasteiger partial charge in [-0.3, -0.25) is 9.59 Å². The first-order chi connectivity index (χ1) is 14.4. The van der Waals surface area contributed by atoms with Crippen molar-refractivity contribution in [2.75, 3.05) is 5.32 Å². The molecule has 0 bridgehead atoms. The van der Waals surface area contributed by atoms with Crippen LogP contribution >= 0.6 is 0 Å². The summed E-state index contributed by atoms with van der Waals surface area (Å²) in [4.78, 5) is 29.6. The second kappa shape index (κ2) is 8.06. The molecule has 7 nitrogen and oxygen atoms in total. The third-order valence-electron chi connectivity index (χ3n) is 5.08. The number of nitrogens with one attached hydrogen (secondary N) is 2. The average Bonchev–Trinajstić information content (AvgIpc) is 3.21. The van der Waals surface area contributed by atoms with Gasteiger partial charge in [0.25, 0.3) is 0 Å². The number of carbonyl (C=O) groups excluding carboxylic acids is 2. The molecule has 0 spiro atoms. The number of anilines is 1. The minimum absolute atomic E-state index is 0.0195. The van der Waals surface area contributed by atoms with Gasteiger partial charge in [-0.15, -0.1) is 0 Å². The monoisotopic (exact) mass is 408 g/mol. The lowest BCUT2D eigenvalue weighted by Gasteiger charge is -2.27. The summed E-state index contributed by atoms with van der Waals surface area (Å²) in [6, 6.07) is 12.9. The number of amides is 2. The Morgan fingerprint density at radius 1 is 1.23 bits per heavy atom. The second-order valence-corrected chi connectivity index (χ2v) is 7.59. The first-order valence-corrected chi connectivity index (χ1v) is 9.71. The number of fused-ring (bicyclic) bond motifs is 1. The SMILES string of the molecule is CC(C)[C@H](NC(=O)[C@H]1CC(=O)Nc2cc(F)ccc21)c1nc(-c2ccccc2)no1. The highest BCUT2D eigenvalue weighted by atomic mass is 19.1. The largest absolute Gasteiger partial charge is 0.343 e. The fraction of sp³-hybridized carbons (Fsp3) is 0.273. The predicted octanol–water partition coefficient (Wildman–Crippen LogP) is 3.82. The van der Waals surface area contributed by atoms with Gasteiger partial charge >= 0.3 is 0 Å². The summed E-state index contributed by atoms with van der Waals surface area (Å²) in [7, 11) is 0. The Morgan fingerprint density at radius 3 is 2.73 bits per heavy atom. The van der Waals surface area contributed by atoms with E-state index in [0.29, 0.717) is 17.1 Å². The maximum atomic E-state index is 13.5. The Bertz CT molecular complexity index is 1080. The normalized spacial score (nSPS) is 16.7. The van der Waals surface area contributed by atoms with Crippen LogP contribution in [0.3, 0.4) is 0 Å². The molecule has 1 aromatic heterocycles. The van der Waals surface area contributed by atoms with Crippen LogP contribution in [0.5, 0.6) is 0 Å². The number of carbonyl (C=O) groups is 2. The molecule has 2 atom stereocenters. The molecule has 2 heterocycles. The molecule has 2 aromatic carbocycles. The van der Waals surface area contributed by atoms with E-state index in [-0.39, 0.29) is 30.0 Å². The third-order valence-corrected chi connectivity index (χ3v) is 5.08. The number of hydrogen-bond donors (Lipinski definition) is 2. The number of hydrogen-bond acceptors (Lipinski definition) is 5. The van der Waals surface area contributed by atoms with Gasteiger partial charge in [0.15, 0.2) is 0 Å². The summed E-state index contributed by atoms with van der Waals surface area (Å²) in [5, 5.41) is 9.57. The van der Waals surface area contributed by atoms with Crippen LogP contribution < -0.4 is 10.6 Å². The molecule has 0 aliphatic carbocycles. The van der Waals surface area contributed by atoms with Gasteiger partial charge in [-0.2, -0.15) is 4.98 Å². The Hall–Kier alpha value is -3.55. The Morgan fingerprint density at radius 2 is 2.00 bits per heavy atom. The van der Waals surface area contributed by atoms with Gasteiger partial charge in [-0.1, -0.05) is 55.4 Å². The molecule has 3 aromatic rings. The summed E-state index contributed by atoms with van der Waals surface area (Å²) in [5.74, 6) is -1.21. The molecule has 0 unspecified atom stereocenters. The number of halogens is 1. The van der Waals surface area contributed by atoms with Crippen LogP contribution in [-0.4, -0.2) is 22.0 Å². The van der Waals surface area contributed by atoms with Crippen molar-refractivity contribution in [3.63, 3.8) is 0 Å². The van der Waals surface area contributed by atoms with E-state index < -0.39 is 17.8 Å². The lowest BCUT2D eigenvalue weighted by molar-refractivity contribution is -0.127. The molecule has 4 rings (SSSR count). The van der Waals surface area contributed by atoms with Gasteiger partial charge in [0.2, 0.25) is 23.5 Å². The molecule has 8 heteroatoms. The minimum atomic E-state index is -0.730. The fourth-order valence-corrected chi connectivity index (χ4v) is 3.50. The first-order valence-electron chi connectivity index (χ1n) is 9.71. The summed E-state index contributed by atoms with van der Waals surface area (Å²) < 4.78 is 19.0. The molecule has 2 amide bonds. The number of benzene rings is 2. The van der Waals surface area contributed by atoms with Crippen molar-refractivity contribution in [2.45, 2.75) is 32.2 Å². The van der Waals surface area contributed by atoms with E-state index in [1.54, 1.807) is 0 Å². The average molecular weight is 408 g/mol. The van der Waals surface area contributed by atoms with Gasteiger partial charge in [-0.25, -0.2) is 4.39 Å². The standard InChI is InChI=1S/C22H21FN4O3/c1-12(2)19(22-26-20(27-30-22)13-6-4-3-5-7-13)25-21(29)16-11-18(28)24-17-10-14(23)8-9-15(16)17/h3-10,12,16,19H,11H2,1-2H3,(H,24,28)(H,25,29)/t16-,19-/m0/s1. The maximum absolute atomic E-state index is 13.5. The van der Waals surface area contributed by atoms with E-state index in [0.717, 1.165) is 5.56 Å². The van der Waals surface area contributed by atoms with Gasteiger partial charge in [-0.05, 0) is 23.6 Å². The zero-order valence-electron chi connectivity index (χ0n) is 16.6. The molecule has 0 saturated heterocycles. The number of aromatic nitrogens is 2. The van der Waals surface area contributed by atoms with Crippen molar-refractivity contribution in [3.05, 3.63) is 65.8 Å². The molecule has 30 heavy (non-hydrogen) atoms. The van der Waals surface area contributed by atoms with Gasteiger partial charge in [0.05, 0.1) is 5.92 Å². The molecular formula is C22H21FN4O3. The van der Waals surface area contributed by atoms with Crippen LogP contribution in [0.25, 0.3) is 11.4 Å². The van der Waals surface area contributed by atoms with Crippen molar-refractivity contribution in [1.29, 1.82) is 0 Å². The van der Waals surface area contributed by atoms with Crippen molar-refractivity contribution < 1.29 is 18.5 Å².